The van der Waals surface area contributed by atoms with Gasteiger partial charge in [-0.05, 0) is 49.9 Å². The fourth-order valence-electron chi connectivity index (χ4n) is 4.59. The highest BCUT2D eigenvalue weighted by Gasteiger charge is 2.31. The lowest BCUT2D eigenvalue weighted by molar-refractivity contribution is 0.154. The number of anilines is 1. The Bertz CT molecular complexity index is 756. The Morgan fingerprint density at radius 2 is 2.15 bits per heavy atom. The van der Waals surface area contributed by atoms with Gasteiger partial charge in [0.25, 0.3) is 0 Å². The molecule has 0 saturated carbocycles. The summed E-state index contributed by atoms with van der Waals surface area (Å²) < 4.78 is 7.68. The van der Waals surface area contributed by atoms with Gasteiger partial charge in [-0.3, -0.25) is 0 Å². The van der Waals surface area contributed by atoms with E-state index < -0.39 is 0 Å². The van der Waals surface area contributed by atoms with Crippen molar-refractivity contribution in [2.45, 2.75) is 44.7 Å². The highest BCUT2D eigenvalue weighted by molar-refractivity contribution is 5.45. The fourth-order valence-corrected chi connectivity index (χ4v) is 4.59. The van der Waals surface area contributed by atoms with Crippen LogP contribution in [-0.2, 0) is 24.1 Å². The largest absolute Gasteiger partial charge is 0.384 e. The molecular formula is C21H30N4O. The number of hydrogen-bond acceptors (Lipinski definition) is 4. The zero-order chi connectivity index (χ0) is 18.1. The smallest absolute Gasteiger partial charge is 0.128 e. The molecule has 4 rings (SSSR count). The van der Waals surface area contributed by atoms with Crippen LogP contribution in [0.3, 0.4) is 0 Å². The molecule has 0 radical (unpaired) electrons. The maximum atomic E-state index is 6.28. The van der Waals surface area contributed by atoms with Crippen LogP contribution in [0, 0.1) is 5.92 Å². The van der Waals surface area contributed by atoms with E-state index >= 15 is 0 Å². The van der Waals surface area contributed by atoms with Crippen molar-refractivity contribution in [3.05, 3.63) is 47.4 Å². The van der Waals surface area contributed by atoms with E-state index in [9.17, 15) is 0 Å². The van der Waals surface area contributed by atoms with E-state index in [0.29, 0.717) is 11.8 Å². The number of methoxy groups -OCH3 is 1. The first kappa shape index (κ1) is 17.6. The van der Waals surface area contributed by atoms with Crippen LogP contribution in [0.4, 0.5) is 5.82 Å². The second-order valence-corrected chi connectivity index (χ2v) is 7.72. The molecule has 1 aliphatic carbocycles. The van der Waals surface area contributed by atoms with Crippen molar-refractivity contribution < 1.29 is 4.74 Å². The van der Waals surface area contributed by atoms with Crippen LogP contribution in [0.1, 0.15) is 36.2 Å². The average molecular weight is 354 g/mol. The van der Waals surface area contributed by atoms with Gasteiger partial charge in [0.1, 0.15) is 5.82 Å². The van der Waals surface area contributed by atoms with Crippen molar-refractivity contribution in [3.8, 4) is 0 Å². The Hall–Kier alpha value is -1.85. The van der Waals surface area contributed by atoms with Gasteiger partial charge in [0, 0.05) is 62.2 Å². The van der Waals surface area contributed by atoms with E-state index in [-0.39, 0.29) is 6.04 Å². The lowest BCUT2D eigenvalue weighted by Crippen LogP contribution is -2.31. The van der Waals surface area contributed by atoms with Crippen LogP contribution in [0.5, 0.6) is 0 Å². The molecule has 1 fully saturated rings. The van der Waals surface area contributed by atoms with Crippen molar-refractivity contribution in [1.82, 2.24) is 9.55 Å². The average Bonchev–Trinajstić information content (AvgIpc) is 3.28. The number of rotatable bonds is 5. The highest BCUT2D eigenvalue weighted by Crippen LogP contribution is 2.34. The quantitative estimate of drug-likeness (QED) is 0.897. The fraction of sp³-hybridized carbons (Fsp3) is 0.571. The van der Waals surface area contributed by atoms with Gasteiger partial charge >= 0.3 is 0 Å². The standard InChI is InChI=1S/C21H30N4O/c1-3-24-10-4-5-20(24)16-6-8-19-15(11-16)7-9-21(23-19)25-12-17(14-26-2)18(22)13-25/h4-5,7,9-10,16-18H,3,6,8,11-14,22H2,1-2H3/t16-,17-,18-/m0/s1. The molecule has 1 saturated heterocycles. The van der Waals surface area contributed by atoms with Gasteiger partial charge in [-0.15, -0.1) is 0 Å². The number of nitrogens with two attached hydrogens (primary N) is 1. The third-order valence-corrected chi connectivity index (χ3v) is 6.07. The van der Waals surface area contributed by atoms with Gasteiger partial charge in [0.05, 0.1) is 6.61 Å². The zero-order valence-electron chi connectivity index (χ0n) is 15.9. The molecule has 0 unspecified atom stereocenters. The summed E-state index contributed by atoms with van der Waals surface area (Å²) in [7, 11) is 1.75. The van der Waals surface area contributed by atoms with E-state index in [0.717, 1.165) is 44.9 Å². The number of aryl methyl sites for hydroxylation is 2. The Balaban J connectivity index is 1.49. The predicted octanol–water partition coefficient (Wildman–Crippen LogP) is 2.59. The molecule has 1 aliphatic heterocycles. The minimum Gasteiger partial charge on any atom is -0.384 e. The summed E-state index contributed by atoms with van der Waals surface area (Å²) in [5, 5.41) is 0. The topological polar surface area (TPSA) is 56.3 Å². The van der Waals surface area contributed by atoms with E-state index in [4.69, 9.17) is 15.5 Å². The van der Waals surface area contributed by atoms with Gasteiger partial charge < -0.3 is 19.9 Å². The molecule has 2 aromatic rings. The minimum atomic E-state index is 0.166. The van der Waals surface area contributed by atoms with Crippen LogP contribution < -0.4 is 10.6 Å². The number of pyridine rings is 1. The third-order valence-electron chi connectivity index (χ3n) is 6.07. The summed E-state index contributed by atoms with van der Waals surface area (Å²) in [5.74, 6) is 2.08. The van der Waals surface area contributed by atoms with Crippen LogP contribution in [0.15, 0.2) is 30.5 Å². The number of hydrogen-bond donors (Lipinski definition) is 1. The zero-order valence-corrected chi connectivity index (χ0v) is 15.9. The van der Waals surface area contributed by atoms with Gasteiger partial charge in [-0.1, -0.05) is 6.07 Å². The first-order valence-corrected chi connectivity index (χ1v) is 9.83. The molecule has 2 aromatic heterocycles. The van der Waals surface area contributed by atoms with Crippen molar-refractivity contribution in [2.75, 3.05) is 31.7 Å². The first-order valence-electron chi connectivity index (χ1n) is 9.83. The summed E-state index contributed by atoms with van der Waals surface area (Å²) in [6.45, 7) is 5.79. The minimum absolute atomic E-state index is 0.166. The Kier molecular flexibility index (Phi) is 5.00. The second-order valence-electron chi connectivity index (χ2n) is 7.72. The van der Waals surface area contributed by atoms with Gasteiger partial charge in [0.15, 0.2) is 0 Å². The van der Waals surface area contributed by atoms with Gasteiger partial charge in [-0.25, -0.2) is 4.98 Å². The molecule has 26 heavy (non-hydrogen) atoms. The van der Waals surface area contributed by atoms with Crippen LogP contribution in [0.2, 0.25) is 0 Å². The third kappa shape index (κ3) is 3.26. The van der Waals surface area contributed by atoms with E-state index in [1.54, 1.807) is 7.11 Å². The SMILES string of the molecule is CCn1cccc1[C@H]1CCc2nc(N3C[C@@H](COC)[C@@H](N)C3)ccc2C1. The van der Waals surface area contributed by atoms with E-state index in [1.807, 2.05) is 0 Å². The van der Waals surface area contributed by atoms with Crippen LogP contribution >= 0.6 is 0 Å². The summed E-state index contributed by atoms with van der Waals surface area (Å²) in [6.07, 6.45) is 5.53. The maximum Gasteiger partial charge on any atom is 0.128 e. The molecule has 0 aromatic carbocycles. The molecule has 5 nitrogen and oxygen atoms in total. The molecule has 0 bridgehead atoms. The number of nitrogens with zero attached hydrogens (tertiary/aromatic N) is 3. The molecular weight excluding hydrogens is 324 g/mol. The lowest BCUT2D eigenvalue weighted by Gasteiger charge is -2.27. The second kappa shape index (κ2) is 7.41. The van der Waals surface area contributed by atoms with E-state index in [2.05, 4.69) is 46.9 Å². The van der Waals surface area contributed by atoms with Gasteiger partial charge in [-0.2, -0.15) is 0 Å². The summed E-state index contributed by atoms with van der Waals surface area (Å²) in [5.41, 5.74) is 10.4. The number of aromatic nitrogens is 2. The molecule has 0 spiro atoms. The Morgan fingerprint density at radius 3 is 2.96 bits per heavy atom. The molecule has 2 aliphatic rings. The van der Waals surface area contributed by atoms with Crippen LogP contribution in [0.25, 0.3) is 0 Å². The number of fused-ring (bicyclic) bond motifs is 1. The normalized spacial score (nSPS) is 25.5. The summed E-state index contributed by atoms with van der Waals surface area (Å²) in [6, 6.07) is 9.09. The lowest BCUT2D eigenvalue weighted by atomic mass is 9.84. The van der Waals surface area contributed by atoms with Crippen molar-refractivity contribution in [3.63, 3.8) is 0 Å². The monoisotopic (exact) mass is 354 g/mol. The van der Waals surface area contributed by atoms with Crippen molar-refractivity contribution in [1.29, 1.82) is 0 Å². The Morgan fingerprint density at radius 1 is 1.27 bits per heavy atom. The van der Waals surface area contributed by atoms with Gasteiger partial charge in [0.2, 0.25) is 0 Å². The molecule has 0 amide bonds. The molecule has 2 N–H and O–H groups in total. The van der Waals surface area contributed by atoms with Crippen molar-refractivity contribution in [2.24, 2.45) is 11.7 Å². The molecule has 3 heterocycles. The first-order chi connectivity index (χ1) is 12.7. The summed E-state index contributed by atoms with van der Waals surface area (Å²) in [4.78, 5) is 7.33. The maximum absolute atomic E-state index is 6.28. The molecule has 140 valence electrons. The predicted molar refractivity (Wildman–Crippen MR) is 105 cm³/mol. The molecule has 3 atom stereocenters. The number of ether oxygens (including phenoxy) is 1. The van der Waals surface area contributed by atoms with Crippen LogP contribution in [-0.4, -0.2) is 42.4 Å². The van der Waals surface area contributed by atoms with E-state index in [1.165, 1.54) is 23.4 Å². The Labute approximate surface area is 156 Å². The molecule has 5 heteroatoms. The van der Waals surface area contributed by atoms with Crippen molar-refractivity contribution >= 4 is 5.82 Å². The highest BCUT2D eigenvalue weighted by atomic mass is 16.5. The summed E-state index contributed by atoms with van der Waals surface area (Å²) >= 11 is 0.